The Labute approximate surface area is 155 Å². The monoisotopic (exact) mass is 334 g/mol. The minimum atomic E-state index is 1.19. The van der Waals surface area contributed by atoms with Crippen molar-refractivity contribution < 1.29 is 0 Å². The second-order valence-corrected chi connectivity index (χ2v) is 5.56. The first-order valence-corrected chi connectivity index (χ1v) is 9.36. The van der Waals surface area contributed by atoms with E-state index in [1.165, 1.54) is 38.5 Å². The molecule has 0 spiro atoms. The van der Waals surface area contributed by atoms with Crippen LogP contribution in [0.1, 0.15) is 45.4 Å². The molecule has 0 aromatic heterocycles. The maximum atomic E-state index is 3.61. The summed E-state index contributed by atoms with van der Waals surface area (Å²) in [5.41, 5.74) is 0. The van der Waals surface area contributed by atoms with E-state index in [0.717, 1.165) is 0 Å². The first-order valence-electron chi connectivity index (χ1n) is 9.36. The molecule has 25 heavy (non-hydrogen) atoms. The third kappa shape index (κ3) is 21.7. The van der Waals surface area contributed by atoms with E-state index in [0.29, 0.717) is 0 Å². The Morgan fingerprint density at radius 2 is 0.880 bits per heavy atom. The van der Waals surface area contributed by atoms with Gasteiger partial charge in [0.15, 0.2) is 0 Å². The fraction of sp³-hybridized carbons (Fsp3) is 0.280. The fourth-order valence-corrected chi connectivity index (χ4v) is 1.95. The summed E-state index contributed by atoms with van der Waals surface area (Å²) in [5, 5.41) is 0. The van der Waals surface area contributed by atoms with E-state index in [4.69, 9.17) is 0 Å². The average Bonchev–Trinajstić information content (AvgIpc) is 2.63. The lowest BCUT2D eigenvalue weighted by molar-refractivity contribution is 0.637. The van der Waals surface area contributed by atoms with Gasteiger partial charge in [0.25, 0.3) is 0 Å². The minimum Gasteiger partial charge on any atom is -0.0991 e. The van der Waals surface area contributed by atoms with Crippen molar-refractivity contribution in [1.82, 2.24) is 0 Å². The van der Waals surface area contributed by atoms with Crippen LogP contribution in [0.25, 0.3) is 0 Å². The molecule has 0 amide bonds. The molecule has 0 saturated carbocycles. The maximum Gasteiger partial charge on any atom is -0.0348 e. The molecule has 0 aliphatic rings. The van der Waals surface area contributed by atoms with Crippen molar-refractivity contribution in [1.29, 1.82) is 0 Å². The summed E-state index contributed by atoms with van der Waals surface area (Å²) in [4.78, 5) is 0. The summed E-state index contributed by atoms with van der Waals surface area (Å²) in [6.45, 7) is 5.87. The van der Waals surface area contributed by atoms with Crippen molar-refractivity contribution >= 4 is 0 Å². The molecule has 0 unspecified atom stereocenters. The van der Waals surface area contributed by atoms with Crippen molar-refractivity contribution in [3.63, 3.8) is 0 Å². The highest BCUT2D eigenvalue weighted by Crippen LogP contribution is 2.05. The molecular formula is C25H34. The van der Waals surface area contributed by atoms with Crippen molar-refractivity contribution in [2.75, 3.05) is 0 Å². The Hall–Kier alpha value is -2.34. The lowest BCUT2D eigenvalue weighted by Gasteiger charge is -1.95. The smallest absolute Gasteiger partial charge is 0.0348 e. The molecule has 0 nitrogen and oxygen atoms in total. The number of hydrogen-bond donors (Lipinski definition) is 0. The quantitative estimate of drug-likeness (QED) is 0.223. The van der Waals surface area contributed by atoms with Crippen LogP contribution in [0.3, 0.4) is 0 Å². The molecule has 0 aliphatic heterocycles. The van der Waals surface area contributed by atoms with E-state index >= 15 is 0 Å². The van der Waals surface area contributed by atoms with Crippen molar-refractivity contribution in [3.8, 4) is 0 Å². The SMILES string of the molecule is C=CC=CC=CC=CC=CC=CC=CC=CC=CCCCCCCC. The molecule has 0 rings (SSSR count). The topological polar surface area (TPSA) is 0 Å². The Balaban J connectivity index is 3.71. The second kappa shape index (κ2) is 21.7. The van der Waals surface area contributed by atoms with Crippen LogP contribution in [0.15, 0.2) is 110 Å². The van der Waals surface area contributed by atoms with E-state index in [1.54, 1.807) is 6.08 Å². The Kier molecular flexibility index (Phi) is 19.6. The molecule has 134 valence electrons. The van der Waals surface area contributed by atoms with Crippen LogP contribution in [-0.4, -0.2) is 0 Å². The van der Waals surface area contributed by atoms with Crippen LogP contribution < -0.4 is 0 Å². The predicted molar refractivity (Wildman–Crippen MR) is 117 cm³/mol. The molecule has 0 fully saturated rings. The van der Waals surface area contributed by atoms with Gasteiger partial charge in [-0.25, -0.2) is 0 Å². The largest absolute Gasteiger partial charge is 0.0991 e. The van der Waals surface area contributed by atoms with Gasteiger partial charge in [-0.15, -0.1) is 0 Å². The lowest BCUT2D eigenvalue weighted by Crippen LogP contribution is -1.75. The zero-order valence-corrected chi connectivity index (χ0v) is 15.8. The normalized spacial score (nSPS) is 13.6. The predicted octanol–water partition coefficient (Wildman–Crippen LogP) is 7.98. The Morgan fingerprint density at radius 1 is 0.480 bits per heavy atom. The van der Waals surface area contributed by atoms with Gasteiger partial charge in [0, 0.05) is 0 Å². The first kappa shape index (κ1) is 22.7. The molecule has 0 atom stereocenters. The van der Waals surface area contributed by atoms with Crippen LogP contribution in [0, 0.1) is 0 Å². The molecule has 0 radical (unpaired) electrons. The molecular weight excluding hydrogens is 300 g/mol. The number of allylic oxidation sites excluding steroid dienone is 17. The number of rotatable bonds is 14. The van der Waals surface area contributed by atoms with E-state index in [9.17, 15) is 0 Å². The third-order valence-corrected chi connectivity index (χ3v) is 3.30. The zero-order valence-electron chi connectivity index (χ0n) is 15.8. The number of unbranched alkanes of at least 4 members (excludes halogenated alkanes) is 5. The molecule has 0 saturated heterocycles. The second-order valence-electron chi connectivity index (χ2n) is 5.56. The molecule has 0 aromatic rings. The summed E-state index contributed by atoms with van der Waals surface area (Å²) in [6.07, 6.45) is 42.1. The van der Waals surface area contributed by atoms with Gasteiger partial charge < -0.3 is 0 Å². The number of hydrogen-bond acceptors (Lipinski definition) is 0. The summed E-state index contributed by atoms with van der Waals surface area (Å²) < 4.78 is 0. The van der Waals surface area contributed by atoms with Gasteiger partial charge in [-0.3, -0.25) is 0 Å². The molecule has 0 aromatic carbocycles. The van der Waals surface area contributed by atoms with Gasteiger partial charge >= 0.3 is 0 Å². The van der Waals surface area contributed by atoms with E-state index < -0.39 is 0 Å². The van der Waals surface area contributed by atoms with Crippen LogP contribution >= 0.6 is 0 Å². The van der Waals surface area contributed by atoms with Gasteiger partial charge in [0.05, 0.1) is 0 Å². The Morgan fingerprint density at radius 3 is 1.32 bits per heavy atom. The van der Waals surface area contributed by atoms with Gasteiger partial charge in [-0.1, -0.05) is 142 Å². The summed E-state index contributed by atoms with van der Waals surface area (Å²) in [7, 11) is 0. The molecule has 0 heterocycles. The third-order valence-electron chi connectivity index (χ3n) is 3.30. The van der Waals surface area contributed by atoms with E-state index in [2.05, 4.69) is 37.8 Å². The Bertz CT molecular complexity index is 516. The lowest BCUT2D eigenvalue weighted by atomic mass is 10.1. The van der Waals surface area contributed by atoms with Crippen molar-refractivity contribution in [3.05, 3.63) is 110 Å². The summed E-state index contributed by atoms with van der Waals surface area (Å²) in [6, 6.07) is 0. The maximum absolute atomic E-state index is 3.61. The summed E-state index contributed by atoms with van der Waals surface area (Å²) >= 11 is 0. The van der Waals surface area contributed by atoms with Crippen LogP contribution in [0.5, 0.6) is 0 Å². The van der Waals surface area contributed by atoms with Crippen molar-refractivity contribution in [2.45, 2.75) is 45.4 Å². The van der Waals surface area contributed by atoms with Gasteiger partial charge in [0.1, 0.15) is 0 Å². The average molecular weight is 335 g/mol. The highest BCUT2D eigenvalue weighted by Gasteiger charge is 1.85. The van der Waals surface area contributed by atoms with Crippen LogP contribution in [0.2, 0.25) is 0 Å². The van der Waals surface area contributed by atoms with Gasteiger partial charge in [-0.2, -0.15) is 0 Å². The molecule has 0 bridgehead atoms. The zero-order chi connectivity index (χ0) is 18.3. The van der Waals surface area contributed by atoms with Crippen LogP contribution in [-0.2, 0) is 0 Å². The summed E-state index contributed by atoms with van der Waals surface area (Å²) in [5.74, 6) is 0. The fourth-order valence-electron chi connectivity index (χ4n) is 1.95. The van der Waals surface area contributed by atoms with E-state index in [-0.39, 0.29) is 0 Å². The minimum absolute atomic E-state index is 1.19. The van der Waals surface area contributed by atoms with Crippen molar-refractivity contribution in [2.24, 2.45) is 0 Å². The molecule has 0 N–H and O–H groups in total. The van der Waals surface area contributed by atoms with Gasteiger partial charge in [0.2, 0.25) is 0 Å². The van der Waals surface area contributed by atoms with E-state index in [1.807, 2.05) is 72.9 Å². The molecule has 0 aliphatic carbocycles. The highest BCUT2D eigenvalue weighted by molar-refractivity contribution is 5.21. The molecule has 0 heteroatoms. The van der Waals surface area contributed by atoms with Gasteiger partial charge in [-0.05, 0) is 12.8 Å². The highest BCUT2D eigenvalue weighted by atomic mass is 13.9. The first-order chi connectivity index (χ1) is 12.4. The van der Waals surface area contributed by atoms with Crippen LogP contribution in [0.4, 0.5) is 0 Å². The standard InChI is InChI=1S/C25H34/c1-3-5-7-9-11-13-15-17-19-21-23-25-24-22-20-18-16-14-12-10-8-6-4-2/h3,5,7,9,11,13,15-25H,1,4,6,8,10,12,14H2,2H3.